The molecule has 1 heterocycles. The molecule has 6 nitrogen and oxygen atoms in total. The fraction of sp³-hybridized carbons (Fsp3) is 0.786. The van der Waals surface area contributed by atoms with Gasteiger partial charge in [-0.15, -0.1) is 0 Å². The first-order valence-corrected chi connectivity index (χ1v) is 7.58. The first-order chi connectivity index (χ1) is 9.67. The lowest BCUT2D eigenvalue weighted by atomic mass is 10.3. The third-order valence-corrected chi connectivity index (χ3v) is 3.02. The maximum absolute atomic E-state index is 5.57. The van der Waals surface area contributed by atoms with Crippen molar-refractivity contribution in [3.8, 4) is 6.01 Å². The second-order valence-corrected chi connectivity index (χ2v) is 5.52. The van der Waals surface area contributed by atoms with Crippen molar-refractivity contribution in [1.82, 2.24) is 15.0 Å². The third-order valence-electron chi connectivity index (χ3n) is 3.02. The second-order valence-electron chi connectivity index (χ2n) is 5.52. The van der Waals surface area contributed by atoms with Gasteiger partial charge < -0.3 is 15.4 Å². The van der Waals surface area contributed by atoms with E-state index in [1.54, 1.807) is 0 Å². The lowest BCUT2D eigenvalue weighted by Crippen LogP contribution is -2.14. The number of nitrogens with one attached hydrogen (secondary N) is 2. The number of hydrogen-bond acceptors (Lipinski definition) is 6. The molecule has 1 aliphatic rings. The zero-order valence-electron chi connectivity index (χ0n) is 12.6. The van der Waals surface area contributed by atoms with Gasteiger partial charge >= 0.3 is 6.01 Å². The Balaban J connectivity index is 1.98. The van der Waals surface area contributed by atoms with Gasteiger partial charge in [-0.3, -0.25) is 0 Å². The fourth-order valence-electron chi connectivity index (χ4n) is 1.81. The number of hydrogen-bond donors (Lipinski definition) is 2. The number of aromatic nitrogens is 3. The summed E-state index contributed by atoms with van der Waals surface area (Å²) in [6, 6.07) is 0.377. The lowest BCUT2D eigenvalue weighted by Gasteiger charge is -2.12. The molecule has 0 atom stereocenters. The van der Waals surface area contributed by atoms with Crippen LogP contribution in [-0.4, -0.2) is 34.1 Å². The van der Waals surface area contributed by atoms with Crippen LogP contribution in [0.25, 0.3) is 0 Å². The average Bonchev–Trinajstić information content (AvgIpc) is 3.19. The molecule has 112 valence electrons. The molecule has 20 heavy (non-hydrogen) atoms. The van der Waals surface area contributed by atoms with Gasteiger partial charge in [0.1, 0.15) is 0 Å². The average molecular weight is 279 g/mol. The summed E-state index contributed by atoms with van der Waals surface area (Å²) in [4.78, 5) is 12.9. The number of nitrogens with zero attached hydrogens (tertiary/aromatic N) is 3. The molecule has 1 aliphatic carbocycles. The standard InChI is InChI=1S/C14H25N5O/c1-4-8-15-12-17-13(16-9-7-11-5-6-11)19-14(18-12)20-10(2)3/h10-11H,4-9H2,1-3H3,(H2,15,16,17,18,19). The Morgan fingerprint density at radius 1 is 1.10 bits per heavy atom. The fourth-order valence-corrected chi connectivity index (χ4v) is 1.81. The molecule has 2 rings (SSSR count). The Morgan fingerprint density at radius 3 is 2.30 bits per heavy atom. The second kappa shape index (κ2) is 7.26. The van der Waals surface area contributed by atoms with Crippen molar-refractivity contribution in [2.45, 2.75) is 52.6 Å². The van der Waals surface area contributed by atoms with E-state index >= 15 is 0 Å². The zero-order valence-corrected chi connectivity index (χ0v) is 12.6. The first kappa shape index (κ1) is 14.8. The monoisotopic (exact) mass is 279 g/mol. The van der Waals surface area contributed by atoms with Crippen LogP contribution in [0.1, 0.15) is 46.5 Å². The molecular formula is C14H25N5O. The van der Waals surface area contributed by atoms with Crippen LogP contribution in [0.5, 0.6) is 6.01 Å². The Labute approximate surface area is 120 Å². The van der Waals surface area contributed by atoms with E-state index in [0.717, 1.165) is 25.4 Å². The Kier molecular flexibility index (Phi) is 5.38. The molecule has 0 bridgehead atoms. The zero-order chi connectivity index (χ0) is 14.4. The van der Waals surface area contributed by atoms with E-state index in [1.165, 1.54) is 19.3 Å². The van der Waals surface area contributed by atoms with Crippen LogP contribution in [0.15, 0.2) is 0 Å². The van der Waals surface area contributed by atoms with Crippen LogP contribution in [0.2, 0.25) is 0 Å². The van der Waals surface area contributed by atoms with E-state index in [1.807, 2.05) is 13.8 Å². The minimum absolute atomic E-state index is 0.0516. The van der Waals surface area contributed by atoms with Crippen molar-refractivity contribution < 1.29 is 4.74 Å². The summed E-state index contributed by atoms with van der Waals surface area (Å²) in [6.45, 7) is 7.77. The molecule has 1 aromatic heterocycles. The highest BCUT2D eigenvalue weighted by Crippen LogP contribution is 2.32. The maximum atomic E-state index is 5.57. The molecule has 0 radical (unpaired) electrons. The van der Waals surface area contributed by atoms with E-state index in [2.05, 4.69) is 32.5 Å². The molecular weight excluding hydrogens is 254 g/mol. The first-order valence-electron chi connectivity index (χ1n) is 7.58. The summed E-state index contributed by atoms with van der Waals surface area (Å²) in [7, 11) is 0. The molecule has 0 unspecified atom stereocenters. The van der Waals surface area contributed by atoms with Gasteiger partial charge in [-0.2, -0.15) is 15.0 Å². The summed E-state index contributed by atoms with van der Waals surface area (Å²) in [6.07, 6.45) is 4.99. The van der Waals surface area contributed by atoms with Crippen LogP contribution in [-0.2, 0) is 0 Å². The molecule has 6 heteroatoms. The van der Waals surface area contributed by atoms with E-state index in [0.29, 0.717) is 17.9 Å². The molecule has 1 aromatic rings. The smallest absolute Gasteiger partial charge is 0.323 e. The van der Waals surface area contributed by atoms with Crippen LogP contribution < -0.4 is 15.4 Å². The lowest BCUT2D eigenvalue weighted by molar-refractivity contribution is 0.222. The molecule has 1 saturated carbocycles. The topological polar surface area (TPSA) is 72.0 Å². The highest BCUT2D eigenvalue weighted by Gasteiger charge is 2.20. The van der Waals surface area contributed by atoms with Gasteiger partial charge in [-0.1, -0.05) is 19.8 Å². The van der Waals surface area contributed by atoms with Crippen molar-refractivity contribution in [1.29, 1.82) is 0 Å². The molecule has 0 spiro atoms. The van der Waals surface area contributed by atoms with Crippen LogP contribution in [0, 0.1) is 5.92 Å². The van der Waals surface area contributed by atoms with E-state index in [9.17, 15) is 0 Å². The highest BCUT2D eigenvalue weighted by molar-refractivity contribution is 5.35. The minimum atomic E-state index is 0.0516. The molecule has 0 saturated heterocycles. The Morgan fingerprint density at radius 2 is 1.75 bits per heavy atom. The predicted octanol–water partition coefficient (Wildman–Crippen LogP) is 2.69. The van der Waals surface area contributed by atoms with Gasteiger partial charge in [0.25, 0.3) is 0 Å². The predicted molar refractivity (Wildman–Crippen MR) is 80.2 cm³/mol. The minimum Gasteiger partial charge on any atom is -0.461 e. The van der Waals surface area contributed by atoms with Crippen molar-refractivity contribution in [3.63, 3.8) is 0 Å². The van der Waals surface area contributed by atoms with Gasteiger partial charge in [-0.25, -0.2) is 0 Å². The van der Waals surface area contributed by atoms with Gasteiger partial charge in [0, 0.05) is 13.1 Å². The molecule has 2 N–H and O–H groups in total. The third kappa shape index (κ3) is 5.19. The molecule has 1 fully saturated rings. The van der Waals surface area contributed by atoms with Crippen molar-refractivity contribution in [2.75, 3.05) is 23.7 Å². The van der Waals surface area contributed by atoms with Crippen LogP contribution in [0.3, 0.4) is 0 Å². The SMILES string of the molecule is CCCNc1nc(NCCC2CC2)nc(OC(C)C)n1. The Bertz CT molecular complexity index is 420. The van der Waals surface area contributed by atoms with E-state index in [4.69, 9.17) is 4.74 Å². The van der Waals surface area contributed by atoms with Crippen molar-refractivity contribution in [3.05, 3.63) is 0 Å². The Hall–Kier alpha value is -1.59. The molecule has 0 aromatic carbocycles. The number of rotatable bonds is 9. The van der Waals surface area contributed by atoms with Crippen LogP contribution in [0.4, 0.5) is 11.9 Å². The summed E-state index contributed by atoms with van der Waals surface area (Å²) < 4.78 is 5.57. The van der Waals surface area contributed by atoms with E-state index in [-0.39, 0.29) is 6.10 Å². The van der Waals surface area contributed by atoms with Crippen LogP contribution >= 0.6 is 0 Å². The largest absolute Gasteiger partial charge is 0.461 e. The summed E-state index contributed by atoms with van der Waals surface area (Å²) >= 11 is 0. The normalized spacial score (nSPS) is 14.4. The molecule has 0 amide bonds. The summed E-state index contributed by atoms with van der Waals surface area (Å²) in [5.74, 6) is 2.06. The van der Waals surface area contributed by atoms with Gasteiger partial charge in [0.2, 0.25) is 11.9 Å². The summed E-state index contributed by atoms with van der Waals surface area (Å²) in [5, 5.41) is 6.44. The number of ether oxygens (including phenoxy) is 1. The van der Waals surface area contributed by atoms with Crippen molar-refractivity contribution >= 4 is 11.9 Å². The van der Waals surface area contributed by atoms with Gasteiger partial charge in [0.05, 0.1) is 6.10 Å². The summed E-state index contributed by atoms with van der Waals surface area (Å²) in [5.41, 5.74) is 0. The van der Waals surface area contributed by atoms with E-state index < -0.39 is 0 Å². The van der Waals surface area contributed by atoms with Gasteiger partial charge in [-0.05, 0) is 32.6 Å². The van der Waals surface area contributed by atoms with Crippen molar-refractivity contribution in [2.24, 2.45) is 5.92 Å². The van der Waals surface area contributed by atoms with Gasteiger partial charge in [0.15, 0.2) is 0 Å². The maximum Gasteiger partial charge on any atom is 0.323 e. The number of anilines is 2. The highest BCUT2D eigenvalue weighted by atomic mass is 16.5. The quantitative estimate of drug-likeness (QED) is 0.724. The molecule has 0 aliphatic heterocycles.